The van der Waals surface area contributed by atoms with Crippen LogP contribution in [0, 0.1) is 34.9 Å². The van der Waals surface area contributed by atoms with Crippen molar-refractivity contribution in [3.05, 3.63) is 82.4 Å². The molecule has 1 aliphatic heterocycles. The lowest BCUT2D eigenvalue weighted by Gasteiger charge is -2.41. The number of rotatable bonds is 8. The maximum absolute atomic E-state index is 15.3. The smallest absolute Gasteiger partial charge is 0.274 e. The van der Waals surface area contributed by atoms with E-state index in [4.69, 9.17) is 5.21 Å². The average molecular weight is 658 g/mol. The van der Waals surface area contributed by atoms with Gasteiger partial charge in [-0.1, -0.05) is 19.3 Å². The van der Waals surface area contributed by atoms with Crippen LogP contribution >= 0.6 is 0 Å². The van der Waals surface area contributed by atoms with Gasteiger partial charge in [-0.25, -0.2) is 40.2 Å². The van der Waals surface area contributed by atoms with Gasteiger partial charge in [0.15, 0.2) is 28.2 Å². The summed E-state index contributed by atoms with van der Waals surface area (Å²) in [5, 5.41) is 8.87. The first-order valence-corrected chi connectivity index (χ1v) is 15.2. The van der Waals surface area contributed by atoms with Crippen molar-refractivity contribution in [2.24, 2.45) is 0 Å². The molecule has 45 heavy (non-hydrogen) atoms. The number of anilines is 1. The van der Waals surface area contributed by atoms with Gasteiger partial charge in [-0.3, -0.25) is 24.8 Å². The molecule has 2 aliphatic rings. The molecule has 10 nitrogen and oxygen atoms in total. The van der Waals surface area contributed by atoms with Crippen LogP contribution in [0.4, 0.5) is 32.0 Å². The summed E-state index contributed by atoms with van der Waals surface area (Å²) < 4.78 is 112. The van der Waals surface area contributed by atoms with E-state index in [-0.39, 0.29) is 27.9 Å². The lowest BCUT2D eigenvalue weighted by molar-refractivity contribution is -0.125. The third-order valence-corrected chi connectivity index (χ3v) is 9.86. The zero-order valence-electron chi connectivity index (χ0n) is 23.2. The Labute approximate surface area is 252 Å². The largest absolute Gasteiger partial charge is 0.302 e. The molecule has 2 aromatic carbocycles. The number of benzene rings is 2. The van der Waals surface area contributed by atoms with Gasteiger partial charge in [-0.05, 0) is 37.5 Å². The second-order valence-corrected chi connectivity index (χ2v) is 12.4. The first kappa shape index (κ1) is 32.3. The van der Waals surface area contributed by atoms with Crippen LogP contribution in [-0.4, -0.2) is 52.3 Å². The molecule has 0 spiro atoms. The number of halogens is 6. The maximum Gasteiger partial charge on any atom is 0.274 e. The highest BCUT2D eigenvalue weighted by Gasteiger charge is 2.48. The molecule has 5 rings (SSSR count). The number of nitrogens with zero attached hydrogens (tertiary/aromatic N) is 4. The van der Waals surface area contributed by atoms with Crippen LogP contribution in [0.2, 0.25) is 0 Å². The van der Waals surface area contributed by atoms with E-state index >= 15 is 4.39 Å². The molecule has 2 N–H and O–H groups in total. The minimum atomic E-state index is -5.47. The highest BCUT2D eigenvalue weighted by Crippen LogP contribution is 2.36. The Morgan fingerprint density at radius 1 is 0.911 bits per heavy atom. The van der Waals surface area contributed by atoms with Crippen molar-refractivity contribution >= 4 is 27.5 Å². The maximum atomic E-state index is 15.3. The Hall–Kier alpha value is -4.09. The summed E-state index contributed by atoms with van der Waals surface area (Å²) in [5.74, 6) is -15.9. The summed E-state index contributed by atoms with van der Waals surface area (Å²) in [6, 6.07) is 1.03. The predicted octanol–water partition coefficient (Wildman–Crippen LogP) is 4.47. The fraction of sp³-hybridized carbons (Fsp3) is 0.357. The summed E-state index contributed by atoms with van der Waals surface area (Å²) in [6.07, 6.45) is 7.66. The monoisotopic (exact) mass is 657 g/mol. The summed E-state index contributed by atoms with van der Waals surface area (Å²) in [7, 11) is -5.47. The van der Waals surface area contributed by atoms with Crippen LogP contribution < -0.4 is 10.4 Å². The first-order valence-electron chi connectivity index (χ1n) is 13.8. The molecule has 2 amide bonds. The number of hydroxylamine groups is 1. The number of carbonyl (C=O) groups is 2. The van der Waals surface area contributed by atoms with E-state index in [1.54, 1.807) is 0 Å². The molecule has 17 heteroatoms. The van der Waals surface area contributed by atoms with Crippen LogP contribution in [0.15, 0.2) is 35.5 Å². The van der Waals surface area contributed by atoms with E-state index in [2.05, 4.69) is 9.97 Å². The van der Waals surface area contributed by atoms with Gasteiger partial charge in [0.2, 0.25) is 21.7 Å². The molecule has 3 aromatic rings. The van der Waals surface area contributed by atoms with E-state index in [0.717, 1.165) is 54.8 Å². The molecule has 2 fully saturated rings. The number of amides is 2. The minimum absolute atomic E-state index is 0.146. The molecule has 1 aliphatic carbocycles. The van der Waals surface area contributed by atoms with Gasteiger partial charge in [-0.15, -0.1) is 0 Å². The molecule has 0 radical (unpaired) electrons. The molecule has 2 heterocycles. The third kappa shape index (κ3) is 5.98. The summed E-state index contributed by atoms with van der Waals surface area (Å²) in [6.45, 7) is -1.01. The van der Waals surface area contributed by atoms with Crippen molar-refractivity contribution in [2.75, 3.05) is 11.4 Å². The normalized spacial score (nSPS) is 17.5. The van der Waals surface area contributed by atoms with E-state index in [1.165, 1.54) is 17.9 Å². The van der Waals surface area contributed by atoms with E-state index < -0.39 is 86.5 Å². The molecule has 1 aromatic heterocycles. The highest BCUT2D eigenvalue weighted by molar-refractivity contribution is 7.89. The van der Waals surface area contributed by atoms with E-state index in [1.807, 2.05) is 0 Å². The number of hydrogen-bond donors (Lipinski definition) is 2. The Bertz CT molecular complexity index is 1730. The summed E-state index contributed by atoms with van der Waals surface area (Å²) in [5.41, 5.74) is 1.40. The van der Waals surface area contributed by atoms with Gasteiger partial charge >= 0.3 is 0 Å². The number of nitrogens with one attached hydrogen (secondary N) is 1. The van der Waals surface area contributed by atoms with Crippen molar-refractivity contribution in [1.29, 1.82) is 0 Å². The van der Waals surface area contributed by atoms with Crippen LogP contribution in [0.3, 0.4) is 0 Å². The van der Waals surface area contributed by atoms with E-state index in [0.29, 0.717) is 6.07 Å². The van der Waals surface area contributed by atoms with Gasteiger partial charge in [0.05, 0.1) is 29.8 Å². The molecule has 1 saturated carbocycles. The predicted molar refractivity (Wildman–Crippen MR) is 143 cm³/mol. The molecular formula is C28H25F6N5O5S. The molecular weight excluding hydrogens is 632 g/mol. The van der Waals surface area contributed by atoms with Crippen LogP contribution in [0.1, 0.15) is 66.2 Å². The van der Waals surface area contributed by atoms with Crippen molar-refractivity contribution in [2.45, 2.75) is 61.9 Å². The minimum Gasteiger partial charge on any atom is -0.302 e. The average Bonchev–Trinajstić information content (AvgIpc) is 3.01. The van der Waals surface area contributed by atoms with Crippen molar-refractivity contribution in [3.63, 3.8) is 0 Å². The van der Waals surface area contributed by atoms with Gasteiger partial charge < -0.3 is 4.90 Å². The molecule has 240 valence electrons. The van der Waals surface area contributed by atoms with Crippen molar-refractivity contribution in [3.8, 4) is 0 Å². The topological polar surface area (TPSA) is 133 Å². The fourth-order valence-electron chi connectivity index (χ4n) is 5.44. The Balaban J connectivity index is 1.49. The quantitative estimate of drug-likeness (QED) is 0.120. The Morgan fingerprint density at radius 3 is 2.09 bits per heavy atom. The molecule has 1 saturated heterocycles. The third-order valence-electron chi connectivity index (χ3n) is 7.93. The standard InChI is InChI=1S/C28H25F6N5O5S/c29-17-10-15(27(40)37-42)6-7-19(17)38(13-16-11-36-18(12-35-16)14-4-2-1-3-5-14)28(41)20-8-9-39(20)45(43,44)26-24(33)22(31)21(30)23(32)25(26)34/h6-7,10-12,14,20,42H,1-5,8-9,13H2,(H,37,40)/t20-/m1/s1. The van der Waals surface area contributed by atoms with Crippen LogP contribution in [0.25, 0.3) is 0 Å². The number of carbonyl (C=O) groups excluding carboxylic acids is 2. The van der Waals surface area contributed by atoms with Crippen LogP contribution in [-0.2, 0) is 21.4 Å². The Kier molecular flexibility index (Phi) is 9.14. The van der Waals surface area contributed by atoms with Gasteiger partial charge in [0.1, 0.15) is 11.9 Å². The number of hydrogen-bond acceptors (Lipinski definition) is 7. The zero-order valence-corrected chi connectivity index (χ0v) is 24.1. The van der Waals surface area contributed by atoms with E-state index in [9.17, 15) is 40.0 Å². The van der Waals surface area contributed by atoms with Crippen molar-refractivity contribution in [1.82, 2.24) is 19.8 Å². The van der Waals surface area contributed by atoms with Gasteiger partial charge in [0.25, 0.3) is 5.91 Å². The van der Waals surface area contributed by atoms with Crippen LogP contribution in [0.5, 0.6) is 0 Å². The second-order valence-electron chi connectivity index (χ2n) is 10.6. The molecule has 0 unspecified atom stereocenters. The summed E-state index contributed by atoms with van der Waals surface area (Å²) in [4.78, 5) is 33.0. The lowest BCUT2D eigenvalue weighted by Crippen LogP contribution is -2.59. The number of sulfonamides is 1. The second kappa shape index (κ2) is 12.7. The SMILES string of the molecule is O=C(NO)c1ccc(N(Cc2cnc(C3CCCCC3)cn2)C(=O)[C@H]2CCN2S(=O)(=O)c2c(F)c(F)c(F)c(F)c2F)c(F)c1. The highest BCUT2D eigenvalue weighted by atomic mass is 32.2. The fourth-order valence-corrected chi connectivity index (χ4v) is 7.18. The van der Waals surface area contributed by atoms with Gasteiger partial charge in [-0.2, -0.15) is 4.31 Å². The van der Waals surface area contributed by atoms with Gasteiger partial charge in [0, 0.05) is 24.2 Å². The lowest BCUT2D eigenvalue weighted by atomic mass is 9.87. The molecule has 0 bridgehead atoms. The Morgan fingerprint density at radius 2 is 1.56 bits per heavy atom. The summed E-state index contributed by atoms with van der Waals surface area (Å²) >= 11 is 0. The zero-order chi connectivity index (χ0) is 32.6. The molecule has 1 atom stereocenters. The first-order chi connectivity index (χ1) is 21.4. The number of aromatic nitrogens is 2. The van der Waals surface area contributed by atoms with Crippen molar-refractivity contribution < 1.29 is 49.6 Å².